The molecule has 1 fully saturated rings. The molecule has 3 heteroatoms. The molecule has 1 unspecified atom stereocenters. The van der Waals surface area contributed by atoms with E-state index in [1.54, 1.807) is 0 Å². The number of nitrogens with zero attached hydrogens (tertiary/aromatic N) is 2. The molecule has 0 bridgehead atoms. The van der Waals surface area contributed by atoms with E-state index in [0.717, 1.165) is 39.1 Å². The minimum atomic E-state index is 0.529. The second-order valence-corrected chi connectivity index (χ2v) is 4.87. The molecule has 0 spiro atoms. The highest BCUT2D eigenvalue weighted by Gasteiger charge is 2.25. The fourth-order valence-corrected chi connectivity index (χ4v) is 2.51. The first-order valence-electron chi connectivity index (χ1n) is 6.49. The quantitative estimate of drug-likeness (QED) is 0.851. The molecule has 0 saturated carbocycles. The molecular weight excluding hydrogens is 210 g/mol. The summed E-state index contributed by atoms with van der Waals surface area (Å²) >= 11 is 0. The lowest BCUT2D eigenvalue weighted by molar-refractivity contribution is 0.0894. The van der Waals surface area contributed by atoms with Crippen LogP contribution in [0.2, 0.25) is 0 Å². The predicted molar refractivity (Wildman–Crippen MR) is 71.9 cm³/mol. The Labute approximate surface area is 104 Å². The van der Waals surface area contributed by atoms with Crippen molar-refractivity contribution in [3.05, 3.63) is 35.9 Å². The number of likely N-dealkylation sites (N-methyl/N-ethyl adjacent to an activating group) is 1. The van der Waals surface area contributed by atoms with Crippen LogP contribution in [0.15, 0.2) is 30.3 Å². The van der Waals surface area contributed by atoms with E-state index in [0.29, 0.717) is 6.04 Å². The monoisotopic (exact) mass is 233 g/mol. The van der Waals surface area contributed by atoms with E-state index in [2.05, 4.69) is 47.2 Å². The summed E-state index contributed by atoms with van der Waals surface area (Å²) in [6.45, 7) is 5.33. The Hall–Kier alpha value is -0.900. The summed E-state index contributed by atoms with van der Waals surface area (Å²) in [7, 11) is 2.20. The van der Waals surface area contributed by atoms with Gasteiger partial charge in [0.05, 0.1) is 0 Å². The van der Waals surface area contributed by atoms with Crippen molar-refractivity contribution in [2.45, 2.75) is 12.5 Å². The fourth-order valence-electron chi connectivity index (χ4n) is 2.51. The maximum absolute atomic E-state index is 5.62. The van der Waals surface area contributed by atoms with Crippen molar-refractivity contribution in [1.29, 1.82) is 0 Å². The number of rotatable bonds is 4. The molecule has 1 aromatic carbocycles. The van der Waals surface area contributed by atoms with Crippen LogP contribution < -0.4 is 5.73 Å². The SMILES string of the molecule is CN1CCN(CCCN)C(c2ccccc2)C1. The smallest absolute Gasteiger partial charge is 0.0475 e. The highest BCUT2D eigenvalue weighted by Crippen LogP contribution is 2.24. The Morgan fingerprint density at radius 3 is 2.71 bits per heavy atom. The Kier molecular flexibility index (Phi) is 4.54. The third kappa shape index (κ3) is 3.28. The summed E-state index contributed by atoms with van der Waals surface area (Å²) in [6.07, 6.45) is 1.09. The second kappa shape index (κ2) is 6.15. The topological polar surface area (TPSA) is 32.5 Å². The van der Waals surface area contributed by atoms with Gasteiger partial charge in [-0.05, 0) is 25.6 Å². The first-order chi connectivity index (χ1) is 8.31. The molecule has 1 aromatic rings. The Morgan fingerprint density at radius 2 is 2.00 bits per heavy atom. The zero-order valence-electron chi connectivity index (χ0n) is 10.7. The molecule has 3 nitrogen and oxygen atoms in total. The minimum absolute atomic E-state index is 0.529. The van der Waals surface area contributed by atoms with Crippen LogP contribution in [0.5, 0.6) is 0 Å². The summed E-state index contributed by atoms with van der Waals surface area (Å²) in [6, 6.07) is 11.3. The summed E-state index contributed by atoms with van der Waals surface area (Å²) in [5, 5.41) is 0. The van der Waals surface area contributed by atoms with Gasteiger partial charge in [0.25, 0.3) is 0 Å². The van der Waals surface area contributed by atoms with Gasteiger partial charge in [-0.15, -0.1) is 0 Å². The van der Waals surface area contributed by atoms with E-state index in [9.17, 15) is 0 Å². The number of nitrogens with two attached hydrogens (primary N) is 1. The molecule has 17 heavy (non-hydrogen) atoms. The number of hydrogen-bond donors (Lipinski definition) is 1. The molecule has 2 rings (SSSR count). The molecule has 0 amide bonds. The van der Waals surface area contributed by atoms with Gasteiger partial charge < -0.3 is 10.6 Å². The van der Waals surface area contributed by atoms with Crippen LogP contribution >= 0.6 is 0 Å². The van der Waals surface area contributed by atoms with E-state index >= 15 is 0 Å². The van der Waals surface area contributed by atoms with E-state index in [1.165, 1.54) is 5.56 Å². The van der Waals surface area contributed by atoms with Gasteiger partial charge in [-0.1, -0.05) is 30.3 Å². The van der Waals surface area contributed by atoms with Gasteiger partial charge in [-0.2, -0.15) is 0 Å². The molecule has 0 aromatic heterocycles. The zero-order valence-corrected chi connectivity index (χ0v) is 10.7. The van der Waals surface area contributed by atoms with Crippen LogP contribution in [0, 0.1) is 0 Å². The lowest BCUT2D eigenvalue weighted by atomic mass is 10.0. The maximum Gasteiger partial charge on any atom is 0.0475 e. The first kappa shape index (κ1) is 12.6. The molecule has 1 saturated heterocycles. The lowest BCUT2D eigenvalue weighted by Gasteiger charge is -2.40. The molecule has 1 aliphatic rings. The van der Waals surface area contributed by atoms with Crippen molar-refractivity contribution >= 4 is 0 Å². The fraction of sp³-hybridized carbons (Fsp3) is 0.571. The van der Waals surface area contributed by atoms with Gasteiger partial charge in [-0.25, -0.2) is 0 Å². The van der Waals surface area contributed by atoms with Crippen LogP contribution in [-0.2, 0) is 0 Å². The van der Waals surface area contributed by atoms with Crippen molar-refractivity contribution in [2.75, 3.05) is 39.8 Å². The standard InChI is InChI=1S/C14H23N3/c1-16-10-11-17(9-5-8-15)14(12-16)13-6-3-2-4-7-13/h2-4,6-7,14H,5,8-12,15H2,1H3. The van der Waals surface area contributed by atoms with Crippen molar-refractivity contribution in [1.82, 2.24) is 9.80 Å². The summed E-state index contributed by atoms with van der Waals surface area (Å²) in [5.74, 6) is 0. The largest absolute Gasteiger partial charge is 0.330 e. The molecular formula is C14H23N3. The van der Waals surface area contributed by atoms with Crippen LogP contribution in [0.1, 0.15) is 18.0 Å². The highest BCUT2D eigenvalue weighted by atomic mass is 15.3. The van der Waals surface area contributed by atoms with Crippen LogP contribution in [0.3, 0.4) is 0 Å². The first-order valence-corrected chi connectivity index (χ1v) is 6.49. The summed E-state index contributed by atoms with van der Waals surface area (Å²) in [5.41, 5.74) is 7.05. The molecule has 94 valence electrons. The summed E-state index contributed by atoms with van der Waals surface area (Å²) < 4.78 is 0. The molecule has 0 aliphatic carbocycles. The van der Waals surface area contributed by atoms with Crippen molar-refractivity contribution in [2.24, 2.45) is 5.73 Å². The number of piperazine rings is 1. The van der Waals surface area contributed by atoms with Gasteiger partial charge in [0, 0.05) is 32.2 Å². The normalized spacial score (nSPS) is 22.8. The van der Waals surface area contributed by atoms with Crippen molar-refractivity contribution in [3.63, 3.8) is 0 Å². The average molecular weight is 233 g/mol. The van der Waals surface area contributed by atoms with Gasteiger partial charge in [-0.3, -0.25) is 4.90 Å². The molecule has 1 atom stereocenters. The molecule has 2 N–H and O–H groups in total. The molecule has 1 heterocycles. The van der Waals surface area contributed by atoms with Crippen LogP contribution in [-0.4, -0.2) is 49.6 Å². The van der Waals surface area contributed by atoms with E-state index < -0.39 is 0 Å². The Balaban J connectivity index is 2.08. The van der Waals surface area contributed by atoms with Crippen molar-refractivity contribution in [3.8, 4) is 0 Å². The average Bonchev–Trinajstić information content (AvgIpc) is 2.38. The Morgan fingerprint density at radius 1 is 1.24 bits per heavy atom. The second-order valence-electron chi connectivity index (χ2n) is 4.87. The Bertz CT molecular complexity index is 323. The maximum atomic E-state index is 5.62. The van der Waals surface area contributed by atoms with Crippen molar-refractivity contribution < 1.29 is 0 Å². The van der Waals surface area contributed by atoms with Gasteiger partial charge in [0.1, 0.15) is 0 Å². The number of hydrogen-bond acceptors (Lipinski definition) is 3. The third-order valence-electron chi connectivity index (χ3n) is 3.53. The van der Waals surface area contributed by atoms with E-state index in [-0.39, 0.29) is 0 Å². The van der Waals surface area contributed by atoms with Gasteiger partial charge in [0.15, 0.2) is 0 Å². The van der Waals surface area contributed by atoms with Gasteiger partial charge >= 0.3 is 0 Å². The van der Waals surface area contributed by atoms with Crippen LogP contribution in [0.25, 0.3) is 0 Å². The minimum Gasteiger partial charge on any atom is -0.330 e. The lowest BCUT2D eigenvalue weighted by Crippen LogP contribution is -2.47. The molecule has 1 aliphatic heterocycles. The van der Waals surface area contributed by atoms with Gasteiger partial charge in [0.2, 0.25) is 0 Å². The number of benzene rings is 1. The predicted octanol–water partition coefficient (Wildman–Crippen LogP) is 1.32. The van der Waals surface area contributed by atoms with Crippen LogP contribution in [0.4, 0.5) is 0 Å². The summed E-state index contributed by atoms with van der Waals surface area (Å²) in [4.78, 5) is 4.98. The van der Waals surface area contributed by atoms with E-state index in [4.69, 9.17) is 5.73 Å². The highest BCUT2D eigenvalue weighted by molar-refractivity contribution is 5.20. The van der Waals surface area contributed by atoms with E-state index in [1.807, 2.05) is 0 Å². The molecule has 0 radical (unpaired) electrons. The zero-order chi connectivity index (χ0) is 12.1. The third-order valence-corrected chi connectivity index (χ3v) is 3.53.